The molecule has 1 aromatic heterocycles. The van der Waals surface area contributed by atoms with Crippen molar-refractivity contribution in [3.63, 3.8) is 0 Å². The lowest BCUT2D eigenvalue weighted by Crippen LogP contribution is -2.13. The largest absolute Gasteiger partial charge is 0.317 e. The minimum Gasteiger partial charge on any atom is -0.317 e. The van der Waals surface area contributed by atoms with Gasteiger partial charge < -0.3 is 4.98 Å². The molecule has 3 rings (SSSR count). The monoisotopic (exact) mass is 294 g/mol. The molecule has 0 unspecified atom stereocenters. The molecule has 0 aliphatic rings. The van der Waals surface area contributed by atoms with Crippen molar-refractivity contribution < 1.29 is 0 Å². The van der Waals surface area contributed by atoms with E-state index in [0.717, 1.165) is 5.56 Å². The topological polar surface area (TPSA) is 70.1 Å². The van der Waals surface area contributed by atoms with Crippen molar-refractivity contribution in [1.29, 1.82) is 0 Å². The Bertz CT molecular complexity index is 810. The highest BCUT2D eigenvalue weighted by Gasteiger charge is 2.02. The molecular formula is C17H18N4O. The molecule has 5 nitrogen and oxygen atoms in total. The highest BCUT2D eigenvalue weighted by Crippen LogP contribution is 2.07. The predicted molar refractivity (Wildman–Crippen MR) is 91.4 cm³/mol. The van der Waals surface area contributed by atoms with E-state index in [-0.39, 0.29) is 11.4 Å². The summed E-state index contributed by atoms with van der Waals surface area (Å²) in [4.78, 5) is 18.8. The van der Waals surface area contributed by atoms with Gasteiger partial charge in [0.25, 0.3) is 5.56 Å². The van der Waals surface area contributed by atoms with Gasteiger partial charge in [0.05, 0.1) is 17.2 Å². The minimum atomic E-state index is -0.297. The molecule has 0 radical (unpaired) electrons. The Kier molecular flexibility index (Phi) is 5.43. The third-order valence-electron chi connectivity index (χ3n) is 2.78. The molecule has 0 saturated carbocycles. The third-order valence-corrected chi connectivity index (χ3v) is 2.78. The van der Waals surface area contributed by atoms with Gasteiger partial charge in [0.2, 0.25) is 5.82 Å². The van der Waals surface area contributed by atoms with Gasteiger partial charge in [-0.25, -0.2) is 4.98 Å². The van der Waals surface area contributed by atoms with Gasteiger partial charge in [-0.1, -0.05) is 56.3 Å². The normalized spacial score (nSPS) is 10.3. The number of rotatable bonds is 3. The molecule has 0 fully saturated rings. The molecule has 0 amide bonds. The molecule has 0 aliphatic carbocycles. The first-order chi connectivity index (χ1) is 10.8. The number of H-pyrrole nitrogens is 1. The first kappa shape index (κ1) is 15.4. The van der Waals surface area contributed by atoms with Crippen molar-refractivity contribution in [2.45, 2.75) is 13.8 Å². The average molecular weight is 294 g/mol. The van der Waals surface area contributed by atoms with E-state index in [1.165, 1.54) is 0 Å². The Morgan fingerprint density at radius 2 is 1.73 bits per heavy atom. The van der Waals surface area contributed by atoms with Gasteiger partial charge in [-0.3, -0.25) is 10.2 Å². The zero-order valence-corrected chi connectivity index (χ0v) is 12.6. The van der Waals surface area contributed by atoms with Crippen LogP contribution in [0.3, 0.4) is 0 Å². The molecule has 1 heterocycles. The summed E-state index contributed by atoms with van der Waals surface area (Å²) in [5.41, 5.74) is 4.73. The van der Waals surface area contributed by atoms with Crippen molar-refractivity contribution in [3.05, 3.63) is 70.5 Å². The smallest absolute Gasteiger partial charge is 0.293 e. The van der Waals surface area contributed by atoms with Gasteiger partial charge in [-0.15, -0.1) is 0 Å². The second-order valence-electron chi connectivity index (χ2n) is 4.21. The standard InChI is InChI=1S/C15H12N4O.C2H6/c20-15-14(17-12-8-4-5-9-13(12)18-15)19-16-10-11-6-2-1-3-7-11;1-2/h1-10H,(H,17,19)(H,18,20);1-2H3/b16-10+;. The second kappa shape index (κ2) is 7.73. The summed E-state index contributed by atoms with van der Waals surface area (Å²) in [7, 11) is 0. The van der Waals surface area contributed by atoms with Gasteiger partial charge in [0, 0.05) is 0 Å². The summed E-state index contributed by atoms with van der Waals surface area (Å²) in [6.07, 6.45) is 1.64. The van der Waals surface area contributed by atoms with Gasteiger partial charge >= 0.3 is 0 Å². The lowest BCUT2D eigenvalue weighted by atomic mass is 10.2. The fraction of sp³-hybridized carbons (Fsp3) is 0.118. The maximum absolute atomic E-state index is 11.8. The molecule has 0 atom stereocenters. The summed E-state index contributed by atoms with van der Waals surface area (Å²) in [5, 5.41) is 4.02. The summed E-state index contributed by atoms with van der Waals surface area (Å²) < 4.78 is 0. The Morgan fingerprint density at radius 3 is 2.50 bits per heavy atom. The number of hydrogen-bond acceptors (Lipinski definition) is 4. The Balaban J connectivity index is 0.000000847. The van der Waals surface area contributed by atoms with E-state index in [1.54, 1.807) is 12.3 Å². The predicted octanol–water partition coefficient (Wildman–Crippen LogP) is 3.40. The van der Waals surface area contributed by atoms with Gasteiger partial charge in [-0.05, 0) is 17.7 Å². The van der Waals surface area contributed by atoms with E-state index in [4.69, 9.17) is 0 Å². The van der Waals surface area contributed by atoms with Crippen LogP contribution in [0.5, 0.6) is 0 Å². The van der Waals surface area contributed by atoms with Crippen LogP contribution < -0.4 is 11.0 Å². The molecular weight excluding hydrogens is 276 g/mol. The van der Waals surface area contributed by atoms with Gasteiger partial charge in [-0.2, -0.15) is 5.10 Å². The summed E-state index contributed by atoms with van der Waals surface area (Å²) >= 11 is 0. The number of nitrogens with zero attached hydrogens (tertiary/aromatic N) is 2. The lowest BCUT2D eigenvalue weighted by Gasteiger charge is -2.01. The lowest BCUT2D eigenvalue weighted by molar-refractivity contribution is 1.17. The molecule has 3 aromatic rings. The number of hydrogen-bond donors (Lipinski definition) is 2. The van der Waals surface area contributed by atoms with Crippen LogP contribution in [0.25, 0.3) is 11.0 Å². The highest BCUT2D eigenvalue weighted by molar-refractivity contribution is 5.80. The first-order valence-corrected chi connectivity index (χ1v) is 7.16. The van der Waals surface area contributed by atoms with Crippen LogP contribution in [0.2, 0.25) is 0 Å². The number of hydrazone groups is 1. The van der Waals surface area contributed by atoms with Crippen molar-refractivity contribution >= 4 is 23.1 Å². The van der Waals surface area contributed by atoms with Gasteiger partial charge in [0.15, 0.2) is 0 Å². The van der Waals surface area contributed by atoms with Crippen molar-refractivity contribution in [2.24, 2.45) is 5.10 Å². The van der Waals surface area contributed by atoms with Crippen molar-refractivity contribution in [2.75, 3.05) is 5.43 Å². The fourth-order valence-electron chi connectivity index (χ4n) is 1.81. The molecule has 2 aromatic carbocycles. The van der Waals surface area contributed by atoms with E-state index >= 15 is 0 Å². The molecule has 2 N–H and O–H groups in total. The van der Waals surface area contributed by atoms with Crippen LogP contribution in [-0.4, -0.2) is 16.2 Å². The van der Waals surface area contributed by atoms with Crippen LogP contribution in [0.1, 0.15) is 19.4 Å². The maximum Gasteiger partial charge on any atom is 0.293 e. The Hall–Kier alpha value is -2.95. The molecule has 112 valence electrons. The van der Waals surface area contributed by atoms with Crippen molar-refractivity contribution in [3.8, 4) is 0 Å². The van der Waals surface area contributed by atoms with Crippen LogP contribution in [0.4, 0.5) is 5.82 Å². The number of aromatic nitrogens is 2. The number of aromatic amines is 1. The molecule has 0 bridgehead atoms. The van der Waals surface area contributed by atoms with Crippen molar-refractivity contribution in [1.82, 2.24) is 9.97 Å². The summed E-state index contributed by atoms with van der Waals surface area (Å²) in [6, 6.07) is 17.0. The zero-order valence-electron chi connectivity index (χ0n) is 12.6. The van der Waals surface area contributed by atoms with Crippen LogP contribution in [0, 0.1) is 0 Å². The number of benzene rings is 2. The molecule has 22 heavy (non-hydrogen) atoms. The summed E-state index contributed by atoms with van der Waals surface area (Å²) in [6.45, 7) is 4.00. The van der Waals surface area contributed by atoms with Crippen LogP contribution in [-0.2, 0) is 0 Å². The molecule has 0 saturated heterocycles. The van der Waals surface area contributed by atoms with E-state index in [2.05, 4.69) is 20.5 Å². The number of anilines is 1. The minimum absolute atomic E-state index is 0.177. The molecule has 0 spiro atoms. The second-order valence-corrected chi connectivity index (χ2v) is 4.21. The fourth-order valence-corrected chi connectivity index (χ4v) is 1.81. The van der Waals surface area contributed by atoms with Crippen LogP contribution in [0.15, 0.2) is 64.5 Å². The number of para-hydroxylation sites is 2. The number of nitrogens with one attached hydrogen (secondary N) is 2. The third kappa shape index (κ3) is 3.79. The van der Waals surface area contributed by atoms with Gasteiger partial charge in [0.1, 0.15) is 0 Å². The Labute approximate surface area is 128 Å². The van der Waals surface area contributed by atoms with E-state index < -0.39 is 0 Å². The van der Waals surface area contributed by atoms with Crippen LogP contribution >= 0.6 is 0 Å². The zero-order chi connectivity index (χ0) is 15.8. The summed E-state index contributed by atoms with van der Waals surface area (Å²) in [5.74, 6) is 0.177. The maximum atomic E-state index is 11.8. The Morgan fingerprint density at radius 1 is 1.05 bits per heavy atom. The average Bonchev–Trinajstić information content (AvgIpc) is 2.58. The first-order valence-electron chi connectivity index (χ1n) is 7.16. The van der Waals surface area contributed by atoms with E-state index in [1.807, 2.05) is 62.4 Å². The number of fused-ring (bicyclic) bond motifs is 1. The quantitative estimate of drug-likeness (QED) is 0.574. The van der Waals surface area contributed by atoms with E-state index in [9.17, 15) is 4.79 Å². The van der Waals surface area contributed by atoms with E-state index in [0.29, 0.717) is 11.0 Å². The molecule has 0 aliphatic heterocycles. The highest BCUT2D eigenvalue weighted by atomic mass is 16.1. The molecule has 5 heteroatoms. The SMILES string of the molecule is CC.O=c1[nH]c2ccccc2nc1N/N=C/c1ccccc1.